The molecule has 32 heavy (non-hydrogen) atoms. The van der Waals surface area contributed by atoms with Crippen molar-refractivity contribution in [3.8, 4) is 11.8 Å². The van der Waals surface area contributed by atoms with Crippen molar-refractivity contribution < 1.29 is 4.74 Å². The predicted octanol–water partition coefficient (Wildman–Crippen LogP) is 4.31. The Kier molecular flexibility index (Phi) is 5.40. The highest BCUT2D eigenvalue weighted by Crippen LogP contribution is 2.33. The number of hydrogen-bond donors (Lipinski definition) is 2. The molecule has 0 unspecified atom stereocenters. The van der Waals surface area contributed by atoms with Gasteiger partial charge in [-0.25, -0.2) is 9.97 Å². The molecule has 4 heterocycles. The molecule has 1 saturated heterocycles. The molecule has 0 amide bonds. The SMILES string of the molecule is COc1ccc2[nH]c(CN3CCC[C@H]3c3cnc(Nc4ccc(C#N)nc4)cn3)cc2c1. The molecule has 0 aliphatic carbocycles. The van der Waals surface area contributed by atoms with Crippen molar-refractivity contribution in [3.63, 3.8) is 0 Å². The van der Waals surface area contributed by atoms with Gasteiger partial charge in [0.25, 0.3) is 0 Å². The zero-order valence-corrected chi connectivity index (χ0v) is 17.7. The van der Waals surface area contributed by atoms with E-state index in [-0.39, 0.29) is 6.04 Å². The average Bonchev–Trinajstić information content (AvgIpc) is 3.46. The number of H-pyrrole nitrogens is 1. The molecule has 0 saturated carbocycles. The average molecular weight is 425 g/mol. The van der Waals surface area contributed by atoms with E-state index in [0.29, 0.717) is 11.5 Å². The fourth-order valence-corrected chi connectivity index (χ4v) is 4.21. The Hall–Kier alpha value is -3.96. The van der Waals surface area contributed by atoms with E-state index in [9.17, 15) is 0 Å². The van der Waals surface area contributed by atoms with Crippen LogP contribution >= 0.6 is 0 Å². The Labute approximate surface area is 185 Å². The summed E-state index contributed by atoms with van der Waals surface area (Å²) in [6.07, 6.45) is 7.41. The molecule has 0 bridgehead atoms. The van der Waals surface area contributed by atoms with Crippen LogP contribution < -0.4 is 10.1 Å². The molecule has 4 aromatic rings. The van der Waals surface area contributed by atoms with E-state index in [1.807, 2.05) is 18.3 Å². The normalized spacial score (nSPS) is 16.2. The summed E-state index contributed by atoms with van der Waals surface area (Å²) < 4.78 is 5.34. The van der Waals surface area contributed by atoms with Gasteiger partial charge in [0.05, 0.1) is 43.1 Å². The number of methoxy groups -OCH3 is 1. The van der Waals surface area contributed by atoms with E-state index in [4.69, 9.17) is 10.00 Å². The summed E-state index contributed by atoms with van der Waals surface area (Å²) in [5.41, 5.74) is 4.42. The Morgan fingerprint density at radius 3 is 2.84 bits per heavy atom. The van der Waals surface area contributed by atoms with Crippen molar-refractivity contribution in [3.05, 3.63) is 72.1 Å². The smallest absolute Gasteiger partial charge is 0.148 e. The number of ether oxygens (including phenoxy) is 1. The van der Waals surface area contributed by atoms with Crippen LogP contribution in [0.1, 0.15) is 36.0 Å². The molecule has 2 N–H and O–H groups in total. The van der Waals surface area contributed by atoms with Crippen molar-refractivity contribution in [2.75, 3.05) is 19.0 Å². The highest BCUT2D eigenvalue weighted by atomic mass is 16.5. The predicted molar refractivity (Wildman–Crippen MR) is 122 cm³/mol. The number of nitrogens with zero attached hydrogens (tertiary/aromatic N) is 5. The summed E-state index contributed by atoms with van der Waals surface area (Å²) in [5, 5.41) is 13.2. The third kappa shape index (κ3) is 4.11. The number of anilines is 2. The topological polar surface area (TPSA) is 103 Å². The fraction of sp³-hybridized carbons (Fsp3) is 0.250. The lowest BCUT2D eigenvalue weighted by Gasteiger charge is -2.23. The van der Waals surface area contributed by atoms with Crippen LogP contribution in [-0.4, -0.2) is 38.5 Å². The highest BCUT2D eigenvalue weighted by molar-refractivity contribution is 5.81. The maximum atomic E-state index is 8.86. The monoisotopic (exact) mass is 425 g/mol. The lowest BCUT2D eigenvalue weighted by Crippen LogP contribution is -2.23. The second-order valence-corrected chi connectivity index (χ2v) is 7.87. The Bertz CT molecular complexity index is 1260. The van der Waals surface area contributed by atoms with Crippen molar-refractivity contribution in [2.45, 2.75) is 25.4 Å². The van der Waals surface area contributed by atoms with E-state index in [1.54, 1.807) is 31.6 Å². The van der Waals surface area contributed by atoms with Crippen molar-refractivity contribution in [1.82, 2.24) is 24.8 Å². The van der Waals surface area contributed by atoms with Crippen LogP contribution in [0, 0.1) is 11.3 Å². The molecule has 1 aliphatic heterocycles. The van der Waals surface area contributed by atoms with E-state index in [0.717, 1.165) is 54.0 Å². The quantitative estimate of drug-likeness (QED) is 0.474. The third-order valence-corrected chi connectivity index (χ3v) is 5.78. The molecular weight excluding hydrogens is 402 g/mol. The standard InChI is InChI=1S/C24H23N7O/c1-32-20-6-7-21-16(10-20)9-19(29-21)15-31-8-2-3-23(31)22-13-28-24(14-27-22)30-18-5-4-17(11-25)26-12-18/h4-7,9-10,12-14,23,29H,2-3,8,15H2,1H3,(H,28,30)/t23-/m0/s1. The summed E-state index contributed by atoms with van der Waals surface area (Å²) in [6, 6.07) is 14.0. The summed E-state index contributed by atoms with van der Waals surface area (Å²) in [5.74, 6) is 1.51. The fourth-order valence-electron chi connectivity index (χ4n) is 4.21. The van der Waals surface area contributed by atoms with E-state index in [2.05, 4.69) is 48.4 Å². The van der Waals surface area contributed by atoms with Crippen molar-refractivity contribution in [1.29, 1.82) is 5.26 Å². The molecular formula is C24H23N7O. The molecule has 0 radical (unpaired) electrons. The number of hydrogen-bond acceptors (Lipinski definition) is 7. The number of nitrogens with one attached hydrogen (secondary N) is 2. The molecule has 1 aromatic carbocycles. The molecule has 1 atom stereocenters. The highest BCUT2D eigenvalue weighted by Gasteiger charge is 2.27. The number of pyridine rings is 1. The summed E-state index contributed by atoms with van der Waals surface area (Å²) in [6.45, 7) is 1.86. The molecule has 1 fully saturated rings. The maximum Gasteiger partial charge on any atom is 0.148 e. The summed E-state index contributed by atoms with van der Waals surface area (Å²) in [7, 11) is 1.69. The van der Waals surface area contributed by atoms with Gasteiger partial charge in [0, 0.05) is 23.1 Å². The van der Waals surface area contributed by atoms with E-state index in [1.165, 1.54) is 5.69 Å². The van der Waals surface area contributed by atoms with Gasteiger partial charge in [-0.3, -0.25) is 9.88 Å². The summed E-state index contributed by atoms with van der Waals surface area (Å²) >= 11 is 0. The summed E-state index contributed by atoms with van der Waals surface area (Å²) in [4.78, 5) is 19.3. The van der Waals surface area contributed by atoms with Crippen LogP contribution in [0.4, 0.5) is 11.5 Å². The Morgan fingerprint density at radius 1 is 1.16 bits per heavy atom. The van der Waals surface area contributed by atoms with Gasteiger partial charge < -0.3 is 15.0 Å². The molecule has 8 nitrogen and oxygen atoms in total. The first kappa shape index (κ1) is 20.0. The second kappa shape index (κ2) is 8.65. The third-order valence-electron chi connectivity index (χ3n) is 5.78. The number of benzene rings is 1. The number of rotatable bonds is 6. The molecule has 3 aromatic heterocycles. The number of aromatic nitrogens is 4. The second-order valence-electron chi connectivity index (χ2n) is 7.87. The van der Waals surface area contributed by atoms with Crippen LogP contribution in [0.25, 0.3) is 10.9 Å². The first-order valence-corrected chi connectivity index (χ1v) is 10.6. The molecule has 5 rings (SSSR count). The zero-order valence-electron chi connectivity index (χ0n) is 17.7. The number of fused-ring (bicyclic) bond motifs is 1. The molecule has 160 valence electrons. The lowest BCUT2D eigenvalue weighted by molar-refractivity contribution is 0.241. The van der Waals surface area contributed by atoms with Crippen molar-refractivity contribution >= 4 is 22.4 Å². The number of likely N-dealkylation sites (tertiary alicyclic amines) is 1. The van der Waals surface area contributed by atoms with Gasteiger partial charge >= 0.3 is 0 Å². The minimum Gasteiger partial charge on any atom is -0.497 e. The van der Waals surface area contributed by atoms with Gasteiger partial charge in [-0.05, 0) is 55.8 Å². The lowest BCUT2D eigenvalue weighted by atomic mass is 10.1. The minimum absolute atomic E-state index is 0.245. The zero-order chi connectivity index (χ0) is 21.9. The molecule has 0 spiro atoms. The molecule has 1 aliphatic rings. The van der Waals surface area contributed by atoms with Crippen LogP contribution in [0.15, 0.2) is 55.0 Å². The van der Waals surface area contributed by atoms with Crippen molar-refractivity contribution in [2.24, 2.45) is 0 Å². The van der Waals surface area contributed by atoms with Gasteiger partial charge in [0.1, 0.15) is 23.3 Å². The van der Waals surface area contributed by atoms with E-state index < -0.39 is 0 Å². The molecule has 8 heteroatoms. The first-order chi connectivity index (χ1) is 15.7. The number of aromatic amines is 1. The van der Waals surface area contributed by atoms with Gasteiger partial charge in [-0.1, -0.05) is 0 Å². The van der Waals surface area contributed by atoms with Crippen LogP contribution in [0.3, 0.4) is 0 Å². The first-order valence-electron chi connectivity index (χ1n) is 10.6. The Morgan fingerprint density at radius 2 is 2.09 bits per heavy atom. The van der Waals surface area contributed by atoms with Gasteiger partial charge in [0.2, 0.25) is 0 Å². The van der Waals surface area contributed by atoms with Gasteiger partial charge in [-0.2, -0.15) is 5.26 Å². The van der Waals surface area contributed by atoms with Crippen LogP contribution in [-0.2, 0) is 6.54 Å². The van der Waals surface area contributed by atoms with Gasteiger partial charge in [0.15, 0.2) is 0 Å². The van der Waals surface area contributed by atoms with Crippen LogP contribution in [0.5, 0.6) is 5.75 Å². The largest absolute Gasteiger partial charge is 0.497 e. The van der Waals surface area contributed by atoms with Crippen LogP contribution in [0.2, 0.25) is 0 Å². The Balaban J connectivity index is 1.28. The van der Waals surface area contributed by atoms with E-state index >= 15 is 0 Å². The number of nitriles is 1. The van der Waals surface area contributed by atoms with Gasteiger partial charge in [-0.15, -0.1) is 0 Å². The minimum atomic E-state index is 0.245. The maximum absolute atomic E-state index is 8.86.